The molecule has 0 radical (unpaired) electrons. The number of Topliss-reactive ketones (excluding diaryl/α,β-unsaturated/α-hetero) is 1. The Labute approximate surface area is 96.5 Å². The van der Waals surface area contributed by atoms with Crippen LogP contribution in [0, 0.1) is 0 Å². The molecule has 82 valence electrons. The summed E-state index contributed by atoms with van der Waals surface area (Å²) in [7, 11) is -1.17. The summed E-state index contributed by atoms with van der Waals surface area (Å²) in [5.41, 5.74) is 0. The first kappa shape index (κ1) is 11.1. The molecule has 0 aromatic carbocycles. The quantitative estimate of drug-likeness (QED) is 0.570. The lowest BCUT2D eigenvalue weighted by Gasteiger charge is -2.30. The molecule has 2 rings (SSSR count). The molecule has 1 saturated heterocycles. The Bertz CT molecular complexity index is 363. The second kappa shape index (κ2) is 4.22. The van der Waals surface area contributed by atoms with Crippen molar-refractivity contribution in [2.45, 2.75) is 44.8 Å². The van der Waals surface area contributed by atoms with Gasteiger partial charge in [0.25, 0.3) is 0 Å². The molecular formula is C12H18OSSi. The molecule has 1 aromatic heterocycles. The van der Waals surface area contributed by atoms with Crippen molar-refractivity contribution in [2.24, 2.45) is 0 Å². The summed E-state index contributed by atoms with van der Waals surface area (Å²) in [6.45, 7) is 4.16. The summed E-state index contributed by atoms with van der Waals surface area (Å²) in [5.74, 6) is 0.222. The van der Waals surface area contributed by atoms with Crippen LogP contribution in [-0.2, 0) is 0 Å². The highest BCUT2D eigenvalue weighted by Gasteiger charge is 2.32. The summed E-state index contributed by atoms with van der Waals surface area (Å²) in [4.78, 5) is 12.2. The van der Waals surface area contributed by atoms with Gasteiger partial charge in [0.2, 0.25) is 0 Å². The highest BCUT2D eigenvalue weighted by atomic mass is 32.1. The van der Waals surface area contributed by atoms with E-state index in [4.69, 9.17) is 0 Å². The minimum Gasteiger partial charge on any atom is -0.294 e. The number of ketones is 1. The molecule has 0 N–H and O–H groups in total. The van der Waals surface area contributed by atoms with Gasteiger partial charge in [-0.3, -0.25) is 4.79 Å². The Balaban J connectivity index is 2.23. The molecule has 0 bridgehead atoms. The maximum atomic E-state index is 11.3. The van der Waals surface area contributed by atoms with E-state index in [0.717, 1.165) is 4.88 Å². The van der Waals surface area contributed by atoms with Gasteiger partial charge < -0.3 is 0 Å². The molecule has 1 aliphatic heterocycles. The molecule has 1 fully saturated rings. The second-order valence-corrected chi connectivity index (χ2v) is 10.9. The van der Waals surface area contributed by atoms with E-state index in [1.54, 1.807) is 22.8 Å². The van der Waals surface area contributed by atoms with Crippen LogP contribution in [0.2, 0.25) is 18.6 Å². The van der Waals surface area contributed by atoms with Crippen LogP contribution in [0.4, 0.5) is 0 Å². The van der Waals surface area contributed by atoms with Gasteiger partial charge in [-0.2, -0.15) is 0 Å². The lowest BCUT2D eigenvalue weighted by Crippen LogP contribution is -2.44. The van der Waals surface area contributed by atoms with Gasteiger partial charge in [0.1, 0.15) is 0 Å². The molecule has 3 heteroatoms. The van der Waals surface area contributed by atoms with Crippen LogP contribution in [0.1, 0.15) is 35.9 Å². The molecule has 15 heavy (non-hydrogen) atoms. The van der Waals surface area contributed by atoms with Crippen molar-refractivity contribution >= 4 is 29.7 Å². The number of carbonyl (C=O) groups is 1. The van der Waals surface area contributed by atoms with Gasteiger partial charge in [0.05, 0.1) is 13.0 Å². The number of hydrogen-bond donors (Lipinski definition) is 0. The fraction of sp³-hybridized carbons (Fsp3) is 0.583. The summed E-state index contributed by atoms with van der Waals surface area (Å²) in [6.07, 6.45) is 4.21. The average molecular weight is 238 g/mol. The van der Waals surface area contributed by atoms with E-state index in [1.165, 1.54) is 31.4 Å². The zero-order chi connectivity index (χ0) is 10.9. The van der Waals surface area contributed by atoms with Crippen LogP contribution >= 0.6 is 11.3 Å². The van der Waals surface area contributed by atoms with Crippen molar-refractivity contribution in [1.29, 1.82) is 0 Å². The maximum Gasteiger partial charge on any atom is 0.169 e. The van der Waals surface area contributed by atoms with Crippen LogP contribution in [0.25, 0.3) is 0 Å². The Morgan fingerprint density at radius 1 is 1.27 bits per heavy atom. The fourth-order valence-electron chi connectivity index (χ4n) is 2.43. The SMILES string of the molecule is CC(=O)c1ccc([Si]2(C)CCCCC2)s1. The average Bonchev–Trinajstić information content (AvgIpc) is 2.68. The number of hydrogen-bond acceptors (Lipinski definition) is 2. The van der Waals surface area contributed by atoms with E-state index in [9.17, 15) is 4.79 Å². The molecular weight excluding hydrogens is 220 g/mol. The zero-order valence-electron chi connectivity index (χ0n) is 9.51. The third-order valence-corrected chi connectivity index (χ3v) is 10.6. The monoisotopic (exact) mass is 238 g/mol. The van der Waals surface area contributed by atoms with Gasteiger partial charge in [-0.25, -0.2) is 0 Å². The highest BCUT2D eigenvalue weighted by molar-refractivity contribution is 7.28. The Morgan fingerprint density at radius 2 is 1.93 bits per heavy atom. The van der Waals surface area contributed by atoms with Crippen LogP contribution in [-0.4, -0.2) is 13.9 Å². The van der Waals surface area contributed by atoms with E-state index in [1.807, 2.05) is 6.07 Å². The first-order valence-corrected chi connectivity index (χ1v) is 9.46. The number of rotatable bonds is 2. The van der Waals surface area contributed by atoms with E-state index >= 15 is 0 Å². The second-order valence-electron chi connectivity index (χ2n) is 4.84. The van der Waals surface area contributed by atoms with Gasteiger partial charge in [-0.1, -0.05) is 44.0 Å². The van der Waals surface area contributed by atoms with E-state index < -0.39 is 8.07 Å². The largest absolute Gasteiger partial charge is 0.294 e. The Hall–Kier alpha value is -0.413. The topological polar surface area (TPSA) is 17.1 Å². The Kier molecular flexibility index (Phi) is 3.12. The van der Waals surface area contributed by atoms with Gasteiger partial charge in [0.15, 0.2) is 5.78 Å². The minimum atomic E-state index is -1.17. The standard InChI is InChI=1S/C12H18OSSi/c1-10(13)11-6-7-12(14-11)15(2)8-4-3-5-9-15/h6-7H,3-5,8-9H2,1-2H3. The molecule has 0 amide bonds. The van der Waals surface area contributed by atoms with Crippen molar-refractivity contribution in [3.05, 3.63) is 17.0 Å². The van der Waals surface area contributed by atoms with Gasteiger partial charge in [0, 0.05) is 0 Å². The molecule has 0 aliphatic carbocycles. The molecule has 1 nitrogen and oxygen atoms in total. The fourth-order valence-corrected chi connectivity index (χ4v) is 8.30. The predicted octanol–water partition coefficient (Wildman–Crippen LogP) is 3.42. The van der Waals surface area contributed by atoms with Crippen molar-refractivity contribution in [3.63, 3.8) is 0 Å². The van der Waals surface area contributed by atoms with Gasteiger partial charge >= 0.3 is 0 Å². The number of carbonyl (C=O) groups excluding carboxylic acids is 1. The predicted molar refractivity (Wildman–Crippen MR) is 69.0 cm³/mol. The third kappa shape index (κ3) is 2.23. The molecule has 0 unspecified atom stereocenters. The lowest BCUT2D eigenvalue weighted by molar-refractivity contribution is 0.102. The smallest absolute Gasteiger partial charge is 0.169 e. The van der Waals surface area contributed by atoms with Crippen LogP contribution in [0.15, 0.2) is 12.1 Å². The van der Waals surface area contributed by atoms with E-state index in [2.05, 4.69) is 12.6 Å². The lowest BCUT2D eigenvalue weighted by atomic mass is 10.3. The molecule has 0 atom stereocenters. The first-order chi connectivity index (χ1) is 7.12. The number of thiophene rings is 1. The normalized spacial score (nSPS) is 20.1. The van der Waals surface area contributed by atoms with Crippen LogP contribution in [0.3, 0.4) is 0 Å². The zero-order valence-corrected chi connectivity index (χ0v) is 11.3. The molecule has 0 spiro atoms. The molecule has 0 saturated carbocycles. The third-order valence-electron chi connectivity index (χ3n) is 3.50. The van der Waals surface area contributed by atoms with Crippen LogP contribution in [0.5, 0.6) is 0 Å². The molecule has 1 aromatic rings. The van der Waals surface area contributed by atoms with Crippen LogP contribution < -0.4 is 4.50 Å². The van der Waals surface area contributed by atoms with Crippen molar-refractivity contribution in [3.8, 4) is 0 Å². The summed E-state index contributed by atoms with van der Waals surface area (Å²) in [5, 5.41) is 0. The van der Waals surface area contributed by atoms with Gasteiger partial charge in [-0.15, -0.1) is 11.3 Å². The minimum absolute atomic E-state index is 0.222. The summed E-state index contributed by atoms with van der Waals surface area (Å²) in [6, 6.07) is 7.09. The van der Waals surface area contributed by atoms with Crippen molar-refractivity contribution in [1.82, 2.24) is 0 Å². The van der Waals surface area contributed by atoms with E-state index in [0.29, 0.717) is 0 Å². The summed E-state index contributed by atoms with van der Waals surface area (Å²) >= 11 is 1.76. The maximum absolute atomic E-state index is 11.3. The molecule has 2 heterocycles. The Morgan fingerprint density at radius 3 is 2.47 bits per heavy atom. The van der Waals surface area contributed by atoms with Crippen molar-refractivity contribution in [2.75, 3.05) is 0 Å². The summed E-state index contributed by atoms with van der Waals surface area (Å²) < 4.78 is 1.55. The van der Waals surface area contributed by atoms with Crippen molar-refractivity contribution < 1.29 is 4.79 Å². The van der Waals surface area contributed by atoms with E-state index in [-0.39, 0.29) is 5.78 Å². The highest BCUT2D eigenvalue weighted by Crippen LogP contribution is 2.30. The van der Waals surface area contributed by atoms with Gasteiger partial charge in [-0.05, 0) is 17.5 Å². The molecule has 1 aliphatic rings. The first-order valence-electron chi connectivity index (χ1n) is 5.73.